The van der Waals surface area contributed by atoms with Crippen LogP contribution in [0.2, 0.25) is 0 Å². The topological polar surface area (TPSA) is 108 Å². The number of nitrogens with one attached hydrogen (secondary N) is 2. The standard InChI is InChI=1S/C11H12N4O3S/c1-5-6(2)14-15-9(8(5)10(16)17)12-3-7-4-19-11(18)13-7/h4H,3H2,1-2H3,(H,12,15)(H,13,18)(H,16,17). The highest BCUT2D eigenvalue weighted by molar-refractivity contribution is 7.07. The maximum absolute atomic E-state index is 11.2. The molecule has 19 heavy (non-hydrogen) atoms. The molecule has 0 saturated heterocycles. The minimum absolute atomic E-state index is 0.102. The van der Waals surface area contributed by atoms with E-state index in [1.54, 1.807) is 19.2 Å². The predicted octanol–water partition coefficient (Wildman–Crippen LogP) is 1.15. The van der Waals surface area contributed by atoms with Crippen molar-refractivity contribution in [2.45, 2.75) is 20.4 Å². The van der Waals surface area contributed by atoms with Crippen molar-refractivity contribution >= 4 is 23.1 Å². The number of hydrogen-bond donors (Lipinski definition) is 3. The van der Waals surface area contributed by atoms with Crippen molar-refractivity contribution in [2.75, 3.05) is 5.32 Å². The number of carboxylic acid groups (broad SMARTS) is 1. The molecule has 7 nitrogen and oxygen atoms in total. The summed E-state index contributed by atoms with van der Waals surface area (Å²) in [6.07, 6.45) is 0. The van der Waals surface area contributed by atoms with Crippen LogP contribution in [-0.2, 0) is 6.54 Å². The number of aromatic nitrogens is 3. The van der Waals surface area contributed by atoms with E-state index in [4.69, 9.17) is 0 Å². The number of aromatic amines is 1. The van der Waals surface area contributed by atoms with Gasteiger partial charge in [-0.05, 0) is 19.4 Å². The van der Waals surface area contributed by atoms with Crippen LogP contribution in [0.4, 0.5) is 5.82 Å². The number of aryl methyl sites for hydroxylation is 1. The summed E-state index contributed by atoms with van der Waals surface area (Å²) in [4.78, 5) is 24.7. The third-order valence-corrected chi connectivity index (χ3v) is 3.40. The molecule has 2 heterocycles. The first-order valence-corrected chi connectivity index (χ1v) is 6.34. The first-order chi connectivity index (χ1) is 8.99. The molecule has 0 fully saturated rings. The second-order valence-corrected chi connectivity index (χ2v) is 4.81. The van der Waals surface area contributed by atoms with Crippen LogP contribution in [0.5, 0.6) is 0 Å². The maximum Gasteiger partial charge on any atom is 0.339 e. The molecule has 0 saturated carbocycles. The molecular formula is C11H12N4O3S. The van der Waals surface area contributed by atoms with E-state index in [0.717, 1.165) is 11.3 Å². The zero-order chi connectivity index (χ0) is 14.0. The molecule has 3 N–H and O–H groups in total. The Hall–Kier alpha value is -2.22. The van der Waals surface area contributed by atoms with Crippen molar-refractivity contribution in [3.8, 4) is 0 Å². The molecular weight excluding hydrogens is 268 g/mol. The molecule has 0 aromatic carbocycles. The van der Waals surface area contributed by atoms with Gasteiger partial charge in [0.15, 0.2) is 5.82 Å². The van der Waals surface area contributed by atoms with Gasteiger partial charge < -0.3 is 15.4 Å². The van der Waals surface area contributed by atoms with Crippen molar-refractivity contribution < 1.29 is 9.90 Å². The monoisotopic (exact) mass is 280 g/mol. The first-order valence-electron chi connectivity index (χ1n) is 5.46. The molecule has 0 aliphatic rings. The van der Waals surface area contributed by atoms with Gasteiger partial charge in [0.25, 0.3) is 0 Å². The molecule has 0 bridgehead atoms. The Kier molecular flexibility index (Phi) is 3.61. The number of anilines is 1. The van der Waals surface area contributed by atoms with Crippen LogP contribution in [0.3, 0.4) is 0 Å². The number of H-pyrrole nitrogens is 1. The fourth-order valence-corrected chi connectivity index (χ4v) is 2.15. The van der Waals surface area contributed by atoms with Gasteiger partial charge >= 0.3 is 10.8 Å². The predicted molar refractivity (Wildman–Crippen MR) is 70.7 cm³/mol. The largest absolute Gasteiger partial charge is 0.478 e. The Morgan fingerprint density at radius 2 is 2.21 bits per heavy atom. The highest BCUT2D eigenvalue weighted by Crippen LogP contribution is 2.18. The van der Waals surface area contributed by atoms with Crippen LogP contribution >= 0.6 is 11.3 Å². The minimum atomic E-state index is -1.06. The van der Waals surface area contributed by atoms with Gasteiger partial charge in [0.2, 0.25) is 0 Å². The Morgan fingerprint density at radius 3 is 2.79 bits per heavy atom. The van der Waals surface area contributed by atoms with Crippen LogP contribution < -0.4 is 10.2 Å². The zero-order valence-electron chi connectivity index (χ0n) is 10.4. The third kappa shape index (κ3) is 2.79. The van der Waals surface area contributed by atoms with Gasteiger partial charge in [-0.1, -0.05) is 11.3 Å². The van der Waals surface area contributed by atoms with Gasteiger partial charge in [0.05, 0.1) is 12.2 Å². The lowest BCUT2D eigenvalue weighted by molar-refractivity contribution is 0.0696. The van der Waals surface area contributed by atoms with E-state index < -0.39 is 5.97 Å². The lowest BCUT2D eigenvalue weighted by Crippen LogP contribution is -2.13. The van der Waals surface area contributed by atoms with Crippen LogP contribution in [0, 0.1) is 13.8 Å². The molecule has 0 spiro atoms. The van der Waals surface area contributed by atoms with Gasteiger partial charge in [-0.3, -0.25) is 4.79 Å². The molecule has 2 aromatic heterocycles. The van der Waals surface area contributed by atoms with Crippen LogP contribution in [0.25, 0.3) is 0 Å². The summed E-state index contributed by atoms with van der Waals surface area (Å²) in [5.74, 6) is -0.862. The highest BCUT2D eigenvalue weighted by Gasteiger charge is 2.17. The van der Waals surface area contributed by atoms with E-state index in [0.29, 0.717) is 17.0 Å². The first kappa shape index (κ1) is 13.2. The summed E-state index contributed by atoms with van der Waals surface area (Å²) in [5, 5.41) is 21.5. The summed E-state index contributed by atoms with van der Waals surface area (Å²) >= 11 is 1.05. The van der Waals surface area contributed by atoms with Crippen molar-refractivity contribution in [1.29, 1.82) is 0 Å². The van der Waals surface area contributed by atoms with Crippen molar-refractivity contribution in [3.63, 3.8) is 0 Å². The van der Waals surface area contributed by atoms with Gasteiger partial charge in [0.1, 0.15) is 5.56 Å². The number of carbonyl (C=O) groups is 1. The Morgan fingerprint density at radius 1 is 1.47 bits per heavy atom. The smallest absolute Gasteiger partial charge is 0.339 e. The van der Waals surface area contributed by atoms with E-state index in [1.165, 1.54) is 0 Å². The van der Waals surface area contributed by atoms with Crippen LogP contribution in [0.15, 0.2) is 10.2 Å². The molecule has 0 aliphatic carbocycles. The molecule has 0 atom stereocenters. The maximum atomic E-state index is 11.2. The molecule has 100 valence electrons. The van der Waals surface area contributed by atoms with Crippen LogP contribution in [-0.4, -0.2) is 26.3 Å². The average molecular weight is 280 g/mol. The van der Waals surface area contributed by atoms with Crippen molar-refractivity contribution in [3.05, 3.63) is 37.6 Å². The van der Waals surface area contributed by atoms with E-state index in [2.05, 4.69) is 20.5 Å². The lowest BCUT2D eigenvalue weighted by atomic mass is 10.1. The SMILES string of the molecule is Cc1nnc(NCc2csc(=O)[nH]2)c(C(=O)O)c1C. The Bertz CT molecular complexity index is 677. The van der Waals surface area contributed by atoms with E-state index in [-0.39, 0.29) is 22.8 Å². The van der Waals surface area contributed by atoms with Gasteiger partial charge in [-0.15, -0.1) is 5.10 Å². The molecule has 2 rings (SSSR count). The fraction of sp³-hybridized carbons (Fsp3) is 0.273. The van der Waals surface area contributed by atoms with Crippen molar-refractivity contribution in [1.82, 2.24) is 15.2 Å². The van der Waals surface area contributed by atoms with Gasteiger partial charge in [-0.2, -0.15) is 5.10 Å². The number of nitrogens with zero attached hydrogens (tertiary/aromatic N) is 2. The average Bonchev–Trinajstić information content (AvgIpc) is 2.76. The van der Waals surface area contributed by atoms with E-state index in [1.807, 2.05) is 0 Å². The van der Waals surface area contributed by atoms with Crippen molar-refractivity contribution in [2.24, 2.45) is 0 Å². The molecule has 2 aromatic rings. The summed E-state index contributed by atoms with van der Waals surface area (Å²) < 4.78 is 0. The number of aromatic carboxylic acids is 1. The molecule has 0 aliphatic heterocycles. The van der Waals surface area contributed by atoms with Gasteiger partial charge in [-0.25, -0.2) is 4.79 Å². The zero-order valence-corrected chi connectivity index (χ0v) is 11.2. The lowest BCUT2D eigenvalue weighted by Gasteiger charge is -2.10. The van der Waals surface area contributed by atoms with Crippen LogP contribution in [0.1, 0.15) is 27.3 Å². The second-order valence-electron chi connectivity index (χ2n) is 3.97. The number of thiazole rings is 1. The number of rotatable bonds is 4. The van der Waals surface area contributed by atoms with E-state index in [9.17, 15) is 14.7 Å². The molecule has 0 amide bonds. The summed E-state index contributed by atoms with van der Waals surface area (Å²) in [5.41, 5.74) is 1.92. The fourth-order valence-electron chi connectivity index (χ4n) is 1.57. The number of carboxylic acids is 1. The third-order valence-electron chi connectivity index (χ3n) is 2.69. The molecule has 0 radical (unpaired) electrons. The van der Waals surface area contributed by atoms with Gasteiger partial charge in [0, 0.05) is 11.1 Å². The summed E-state index contributed by atoms with van der Waals surface area (Å²) in [7, 11) is 0. The molecule has 8 heteroatoms. The molecule has 0 unspecified atom stereocenters. The minimum Gasteiger partial charge on any atom is -0.478 e. The summed E-state index contributed by atoms with van der Waals surface area (Å²) in [6.45, 7) is 3.68. The number of hydrogen-bond acceptors (Lipinski definition) is 6. The second kappa shape index (κ2) is 5.19. The Balaban J connectivity index is 2.27. The van der Waals surface area contributed by atoms with E-state index >= 15 is 0 Å². The normalized spacial score (nSPS) is 10.4. The quantitative estimate of drug-likeness (QED) is 0.775. The highest BCUT2D eigenvalue weighted by atomic mass is 32.1. The Labute approximate surface area is 112 Å². The summed E-state index contributed by atoms with van der Waals surface area (Å²) in [6, 6.07) is 0.